The van der Waals surface area contributed by atoms with E-state index in [2.05, 4.69) is 27.4 Å². The van der Waals surface area contributed by atoms with E-state index in [0.29, 0.717) is 37.6 Å². The van der Waals surface area contributed by atoms with Crippen LogP contribution < -0.4 is 0 Å². The normalized spacial score (nSPS) is 18.1. The number of carbonyl (C=O) groups is 2. The molecule has 0 bridgehead atoms. The molecule has 0 unspecified atom stereocenters. The second-order valence-electron chi connectivity index (χ2n) is 8.08. The van der Waals surface area contributed by atoms with E-state index in [4.69, 9.17) is 0 Å². The first-order chi connectivity index (χ1) is 15.2. The Kier molecular flexibility index (Phi) is 5.19. The van der Waals surface area contributed by atoms with Gasteiger partial charge in [-0.2, -0.15) is 0 Å². The van der Waals surface area contributed by atoms with Gasteiger partial charge in [0, 0.05) is 25.8 Å². The third kappa shape index (κ3) is 3.93. The Balaban J connectivity index is 1.25. The van der Waals surface area contributed by atoms with Gasteiger partial charge in [0.05, 0.1) is 18.8 Å². The van der Waals surface area contributed by atoms with Gasteiger partial charge in [0.15, 0.2) is 5.69 Å². The molecule has 0 N–H and O–H groups in total. The van der Waals surface area contributed by atoms with E-state index >= 15 is 0 Å². The predicted molar refractivity (Wildman–Crippen MR) is 113 cm³/mol. The van der Waals surface area contributed by atoms with Crippen LogP contribution in [-0.2, 0) is 19.5 Å². The number of pyridine rings is 1. The molecular weight excluding hydrogens is 392 g/mol. The van der Waals surface area contributed by atoms with Crippen LogP contribution in [0.25, 0.3) is 0 Å². The van der Waals surface area contributed by atoms with Crippen molar-refractivity contribution in [1.29, 1.82) is 0 Å². The maximum absolute atomic E-state index is 13.0. The lowest BCUT2D eigenvalue weighted by Gasteiger charge is -2.28. The van der Waals surface area contributed by atoms with Crippen LogP contribution >= 0.6 is 0 Å². The fourth-order valence-electron chi connectivity index (χ4n) is 4.46. The van der Waals surface area contributed by atoms with E-state index in [-0.39, 0.29) is 17.9 Å². The van der Waals surface area contributed by atoms with Crippen LogP contribution in [0.15, 0.2) is 54.9 Å². The van der Waals surface area contributed by atoms with E-state index in [1.165, 1.54) is 11.1 Å². The molecule has 3 aromatic rings. The molecule has 1 saturated heterocycles. The Labute approximate surface area is 180 Å². The fourth-order valence-corrected chi connectivity index (χ4v) is 4.46. The van der Waals surface area contributed by atoms with Crippen molar-refractivity contribution in [3.05, 3.63) is 77.4 Å². The molecule has 4 heterocycles. The number of hydrogen-bond acceptors (Lipinski definition) is 5. The minimum absolute atomic E-state index is 0.0148. The van der Waals surface area contributed by atoms with Crippen molar-refractivity contribution < 1.29 is 9.59 Å². The van der Waals surface area contributed by atoms with Crippen LogP contribution in [0.2, 0.25) is 0 Å². The zero-order chi connectivity index (χ0) is 21.2. The zero-order valence-corrected chi connectivity index (χ0v) is 17.2. The first-order valence-electron chi connectivity index (χ1n) is 10.7. The van der Waals surface area contributed by atoms with Gasteiger partial charge in [-0.1, -0.05) is 35.5 Å². The number of rotatable bonds is 4. The summed E-state index contributed by atoms with van der Waals surface area (Å²) < 4.78 is 1.68. The van der Waals surface area contributed by atoms with Crippen molar-refractivity contribution in [2.45, 2.75) is 38.4 Å². The summed E-state index contributed by atoms with van der Waals surface area (Å²) >= 11 is 0. The summed E-state index contributed by atoms with van der Waals surface area (Å²) in [4.78, 5) is 33.6. The summed E-state index contributed by atoms with van der Waals surface area (Å²) in [5.41, 5.74) is 3.28. The van der Waals surface area contributed by atoms with Gasteiger partial charge in [0.25, 0.3) is 11.8 Å². The van der Waals surface area contributed by atoms with Gasteiger partial charge in [-0.15, -0.1) is 5.10 Å². The molecule has 1 aromatic carbocycles. The third-order valence-electron chi connectivity index (χ3n) is 6.10. The van der Waals surface area contributed by atoms with E-state index in [1.54, 1.807) is 29.2 Å². The highest BCUT2D eigenvalue weighted by molar-refractivity contribution is 5.93. The Hall–Kier alpha value is -3.55. The number of hydrogen-bond donors (Lipinski definition) is 0. The molecule has 1 atom stereocenters. The number of likely N-dealkylation sites (tertiary alicyclic amines) is 1. The van der Waals surface area contributed by atoms with Crippen molar-refractivity contribution in [2.75, 3.05) is 13.1 Å². The second-order valence-corrected chi connectivity index (χ2v) is 8.08. The fraction of sp³-hybridized carbons (Fsp3) is 0.348. The van der Waals surface area contributed by atoms with Crippen molar-refractivity contribution in [3.63, 3.8) is 0 Å². The first-order valence-corrected chi connectivity index (χ1v) is 10.7. The summed E-state index contributed by atoms with van der Waals surface area (Å²) in [6.45, 7) is 2.49. The Morgan fingerprint density at radius 2 is 1.81 bits per heavy atom. The highest BCUT2D eigenvalue weighted by Gasteiger charge is 2.31. The molecule has 31 heavy (non-hydrogen) atoms. The molecule has 2 aromatic heterocycles. The molecule has 5 rings (SSSR count). The minimum Gasteiger partial charge on any atom is -0.333 e. The summed E-state index contributed by atoms with van der Waals surface area (Å²) in [5.74, 6) is -0.167. The average molecular weight is 416 g/mol. The predicted octanol–water partition coefficient (Wildman–Crippen LogP) is 2.18. The standard InChI is InChI=1S/C23H24N6O2/c30-22(27-13-10-17-6-1-2-7-18(17)14-27)21-16-28(26-25-21)15-19-8-5-12-29(19)23(31)20-9-3-4-11-24-20/h1-4,6-7,9,11,16,19H,5,8,10,12-15H2/t19-/m0/s1. The zero-order valence-electron chi connectivity index (χ0n) is 17.2. The van der Waals surface area contributed by atoms with Crippen molar-refractivity contribution >= 4 is 11.8 Å². The van der Waals surface area contributed by atoms with Crippen LogP contribution in [0.1, 0.15) is 44.9 Å². The number of nitrogens with zero attached hydrogens (tertiary/aromatic N) is 6. The molecule has 2 amide bonds. The summed E-state index contributed by atoms with van der Waals surface area (Å²) in [5, 5.41) is 8.30. The topological polar surface area (TPSA) is 84.2 Å². The second kappa shape index (κ2) is 8.29. The summed E-state index contributed by atoms with van der Waals surface area (Å²) in [6.07, 6.45) is 6.02. The number of fused-ring (bicyclic) bond motifs is 1. The van der Waals surface area contributed by atoms with Gasteiger partial charge in [0.1, 0.15) is 5.69 Å². The van der Waals surface area contributed by atoms with Crippen LogP contribution in [0.5, 0.6) is 0 Å². The molecule has 2 aliphatic heterocycles. The van der Waals surface area contributed by atoms with Gasteiger partial charge in [0.2, 0.25) is 0 Å². The maximum Gasteiger partial charge on any atom is 0.276 e. The lowest BCUT2D eigenvalue weighted by Crippen LogP contribution is -2.38. The van der Waals surface area contributed by atoms with Crippen LogP contribution in [0.3, 0.4) is 0 Å². The molecule has 158 valence electrons. The molecule has 1 fully saturated rings. The van der Waals surface area contributed by atoms with Crippen molar-refractivity contribution in [3.8, 4) is 0 Å². The number of carbonyl (C=O) groups excluding carboxylic acids is 2. The largest absolute Gasteiger partial charge is 0.333 e. The monoisotopic (exact) mass is 416 g/mol. The number of benzene rings is 1. The Morgan fingerprint density at radius 3 is 2.65 bits per heavy atom. The van der Waals surface area contributed by atoms with Crippen molar-refractivity contribution in [1.82, 2.24) is 29.8 Å². The maximum atomic E-state index is 13.0. The highest BCUT2D eigenvalue weighted by Crippen LogP contribution is 2.22. The molecule has 2 aliphatic rings. The lowest BCUT2D eigenvalue weighted by molar-refractivity contribution is 0.0710. The quantitative estimate of drug-likeness (QED) is 0.651. The molecule has 8 heteroatoms. The minimum atomic E-state index is -0.103. The van der Waals surface area contributed by atoms with E-state index < -0.39 is 0 Å². The molecular formula is C23H24N6O2. The van der Waals surface area contributed by atoms with Crippen LogP contribution in [0.4, 0.5) is 0 Å². The molecule has 0 saturated carbocycles. The smallest absolute Gasteiger partial charge is 0.276 e. The SMILES string of the molecule is O=C(c1cn(C[C@@H]2CCCN2C(=O)c2ccccn2)nn1)N1CCc2ccccc2C1. The Morgan fingerprint density at radius 1 is 0.968 bits per heavy atom. The lowest BCUT2D eigenvalue weighted by atomic mass is 10.00. The number of aromatic nitrogens is 4. The average Bonchev–Trinajstić information content (AvgIpc) is 3.48. The van der Waals surface area contributed by atoms with Gasteiger partial charge < -0.3 is 9.80 Å². The van der Waals surface area contributed by atoms with Gasteiger partial charge >= 0.3 is 0 Å². The van der Waals surface area contributed by atoms with E-state index in [0.717, 1.165) is 19.3 Å². The summed E-state index contributed by atoms with van der Waals surface area (Å²) in [6, 6.07) is 13.6. The van der Waals surface area contributed by atoms with E-state index in [1.807, 2.05) is 28.0 Å². The number of amides is 2. The van der Waals surface area contributed by atoms with E-state index in [9.17, 15) is 9.59 Å². The van der Waals surface area contributed by atoms with Gasteiger partial charge in [-0.3, -0.25) is 14.6 Å². The molecule has 8 nitrogen and oxygen atoms in total. The van der Waals surface area contributed by atoms with Crippen molar-refractivity contribution in [2.24, 2.45) is 0 Å². The van der Waals surface area contributed by atoms with Crippen LogP contribution in [0, 0.1) is 0 Å². The highest BCUT2D eigenvalue weighted by atomic mass is 16.2. The summed E-state index contributed by atoms with van der Waals surface area (Å²) in [7, 11) is 0. The van der Waals surface area contributed by atoms with Gasteiger partial charge in [-0.05, 0) is 42.5 Å². The molecule has 0 spiro atoms. The Bertz CT molecular complexity index is 1100. The third-order valence-corrected chi connectivity index (χ3v) is 6.10. The molecule has 0 aliphatic carbocycles. The van der Waals surface area contributed by atoms with Crippen LogP contribution in [-0.4, -0.2) is 60.7 Å². The van der Waals surface area contributed by atoms with Gasteiger partial charge in [-0.25, -0.2) is 4.68 Å². The first kappa shape index (κ1) is 19.4. The molecule has 0 radical (unpaired) electrons.